The van der Waals surface area contributed by atoms with Crippen LogP contribution in [-0.2, 0) is 0 Å². The molecule has 1 fully saturated rings. The number of rotatable bonds is 4. The number of amides is 1. The van der Waals surface area contributed by atoms with Gasteiger partial charge < -0.3 is 16.0 Å². The van der Waals surface area contributed by atoms with Gasteiger partial charge in [-0.1, -0.05) is 39.0 Å². The van der Waals surface area contributed by atoms with Gasteiger partial charge in [0.25, 0.3) is 5.91 Å². The van der Waals surface area contributed by atoms with E-state index in [-0.39, 0.29) is 22.8 Å². The Morgan fingerprint density at radius 2 is 1.95 bits per heavy atom. The Labute approximate surface area is 124 Å². The molecule has 0 atom stereocenters. The SMILES string of the molecule is CCN(C)c1nc(N)c(C(=O)NC2C(C)(C)C2(C)C)s1. The molecule has 0 bridgehead atoms. The summed E-state index contributed by atoms with van der Waals surface area (Å²) in [6.07, 6.45) is 0. The molecule has 1 aromatic rings. The monoisotopic (exact) mass is 296 g/mol. The van der Waals surface area contributed by atoms with Gasteiger partial charge in [0.2, 0.25) is 0 Å². The summed E-state index contributed by atoms with van der Waals surface area (Å²) in [7, 11) is 1.94. The third-order valence-electron chi connectivity index (χ3n) is 4.95. The van der Waals surface area contributed by atoms with E-state index in [1.165, 1.54) is 11.3 Å². The van der Waals surface area contributed by atoms with Gasteiger partial charge in [0.1, 0.15) is 10.7 Å². The molecule has 112 valence electrons. The van der Waals surface area contributed by atoms with Crippen molar-refractivity contribution < 1.29 is 4.79 Å². The smallest absolute Gasteiger partial charge is 0.265 e. The van der Waals surface area contributed by atoms with Crippen LogP contribution in [0, 0.1) is 10.8 Å². The maximum Gasteiger partial charge on any atom is 0.265 e. The van der Waals surface area contributed by atoms with Crippen LogP contribution in [0.15, 0.2) is 0 Å². The second kappa shape index (κ2) is 4.62. The lowest BCUT2D eigenvalue weighted by Gasteiger charge is -2.11. The van der Waals surface area contributed by atoms with Gasteiger partial charge in [0.15, 0.2) is 5.13 Å². The fraction of sp³-hybridized carbons (Fsp3) is 0.714. The highest BCUT2D eigenvalue weighted by molar-refractivity contribution is 7.18. The number of nitrogens with one attached hydrogen (secondary N) is 1. The molecule has 1 aliphatic carbocycles. The zero-order valence-corrected chi connectivity index (χ0v) is 13.9. The predicted molar refractivity (Wildman–Crippen MR) is 84.3 cm³/mol. The minimum Gasteiger partial charge on any atom is -0.382 e. The topological polar surface area (TPSA) is 71.2 Å². The fourth-order valence-corrected chi connectivity index (χ4v) is 3.45. The molecule has 1 aromatic heterocycles. The number of anilines is 2. The van der Waals surface area contributed by atoms with E-state index in [1.54, 1.807) is 0 Å². The zero-order valence-electron chi connectivity index (χ0n) is 13.1. The van der Waals surface area contributed by atoms with Crippen LogP contribution in [-0.4, -0.2) is 30.5 Å². The molecular formula is C14H24N4OS. The Bertz CT molecular complexity index is 521. The third kappa shape index (κ3) is 2.16. The largest absolute Gasteiger partial charge is 0.382 e. The molecule has 3 N–H and O–H groups in total. The Morgan fingerprint density at radius 1 is 1.40 bits per heavy atom. The van der Waals surface area contributed by atoms with Crippen LogP contribution >= 0.6 is 11.3 Å². The highest BCUT2D eigenvalue weighted by atomic mass is 32.1. The molecule has 0 saturated heterocycles. The summed E-state index contributed by atoms with van der Waals surface area (Å²) in [5.74, 6) is 0.207. The van der Waals surface area contributed by atoms with E-state index in [9.17, 15) is 4.79 Å². The second-order valence-corrected chi connectivity index (χ2v) is 7.55. The number of nitrogens with two attached hydrogens (primary N) is 1. The van der Waals surface area contributed by atoms with Crippen LogP contribution in [0.5, 0.6) is 0 Å². The van der Waals surface area contributed by atoms with Crippen molar-refractivity contribution >= 4 is 28.2 Å². The van der Waals surface area contributed by atoms with Gasteiger partial charge in [-0.2, -0.15) is 0 Å². The number of nitrogen functional groups attached to an aromatic ring is 1. The van der Waals surface area contributed by atoms with Gasteiger partial charge in [-0.3, -0.25) is 4.79 Å². The molecule has 0 unspecified atom stereocenters. The standard InChI is InChI=1S/C14H24N4OS/c1-7-18(6)12-16-9(15)8(20-12)10(19)17-11-13(2,3)14(11,4)5/h11H,7,15H2,1-6H3,(H,17,19). The quantitative estimate of drug-likeness (QED) is 0.894. The van der Waals surface area contributed by atoms with E-state index in [1.807, 2.05) is 18.9 Å². The first kappa shape index (κ1) is 15.1. The van der Waals surface area contributed by atoms with Crippen LogP contribution in [0.2, 0.25) is 0 Å². The minimum absolute atomic E-state index is 0.112. The number of nitrogens with zero attached hydrogens (tertiary/aromatic N) is 2. The normalized spacial score (nSPS) is 19.7. The first-order valence-corrected chi connectivity index (χ1v) is 7.72. The average Bonchev–Trinajstić information content (AvgIpc) is 2.70. The molecule has 1 aliphatic rings. The Hall–Kier alpha value is -1.30. The molecule has 6 heteroatoms. The molecule has 5 nitrogen and oxygen atoms in total. The first-order chi connectivity index (χ1) is 9.12. The third-order valence-corrected chi connectivity index (χ3v) is 6.13. The summed E-state index contributed by atoms with van der Waals surface area (Å²) in [4.78, 5) is 19.1. The van der Waals surface area contributed by atoms with Crippen LogP contribution in [0.1, 0.15) is 44.3 Å². The van der Waals surface area contributed by atoms with E-state index >= 15 is 0 Å². The molecule has 1 heterocycles. The lowest BCUT2D eigenvalue weighted by molar-refractivity contribution is 0.0948. The summed E-state index contributed by atoms with van der Waals surface area (Å²) < 4.78 is 0. The van der Waals surface area contributed by atoms with Gasteiger partial charge >= 0.3 is 0 Å². The number of hydrogen-bond acceptors (Lipinski definition) is 5. The van der Waals surface area contributed by atoms with Crippen molar-refractivity contribution in [1.29, 1.82) is 0 Å². The zero-order chi connectivity index (χ0) is 15.3. The average molecular weight is 296 g/mol. The Morgan fingerprint density at radius 3 is 2.40 bits per heavy atom. The van der Waals surface area contributed by atoms with Crippen LogP contribution in [0.25, 0.3) is 0 Å². The molecule has 0 aromatic carbocycles. The number of carbonyl (C=O) groups excluding carboxylic acids is 1. The van der Waals surface area contributed by atoms with E-state index < -0.39 is 0 Å². The molecule has 1 saturated carbocycles. The maximum absolute atomic E-state index is 12.4. The van der Waals surface area contributed by atoms with E-state index in [0.717, 1.165) is 11.7 Å². The molecule has 2 rings (SSSR count). The lowest BCUT2D eigenvalue weighted by Crippen LogP contribution is -2.29. The minimum atomic E-state index is -0.112. The van der Waals surface area contributed by atoms with Crippen LogP contribution < -0.4 is 16.0 Å². The number of carbonyl (C=O) groups is 1. The summed E-state index contributed by atoms with van der Waals surface area (Å²) in [5, 5.41) is 3.88. The van der Waals surface area contributed by atoms with Gasteiger partial charge in [0, 0.05) is 19.6 Å². The van der Waals surface area contributed by atoms with Crippen LogP contribution in [0.4, 0.5) is 10.9 Å². The van der Waals surface area contributed by atoms with Crippen molar-refractivity contribution in [1.82, 2.24) is 10.3 Å². The van der Waals surface area contributed by atoms with Crippen molar-refractivity contribution in [2.75, 3.05) is 24.2 Å². The van der Waals surface area contributed by atoms with E-state index in [2.05, 4.69) is 38.0 Å². The summed E-state index contributed by atoms with van der Waals surface area (Å²) >= 11 is 1.35. The number of hydrogen-bond donors (Lipinski definition) is 2. The molecule has 20 heavy (non-hydrogen) atoms. The number of aromatic nitrogens is 1. The van der Waals surface area contributed by atoms with Crippen molar-refractivity contribution in [2.45, 2.75) is 40.7 Å². The lowest BCUT2D eigenvalue weighted by atomic mass is 10.0. The summed E-state index contributed by atoms with van der Waals surface area (Å²) in [6.45, 7) is 11.5. The Balaban J connectivity index is 2.13. The molecular weight excluding hydrogens is 272 g/mol. The van der Waals surface area contributed by atoms with E-state index in [0.29, 0.717) is 10.7 Å². The van der Waals surface area contributed by atoms with Crippen molar-refractivity contribution in [3.63, 3.8) is 0 Å². The van der Waals surface area contributed by atoms with Gasteiger partial charge in [-0.15, -0.1) is 0 Å². The van der Waals surface area contributed by atoms with Gasteiger partial charge in [0.05, 0.1) is 0 Å². The highest BCUT2D eigenvalue weighted by Crippen LogP contribution is 2.62. The van der Waals surface area contributed by atoms with Crippen molar-refractivity contribution in [3.8, 4) is 0 Å². The van der Waals surface area contributed by atoms with Gasteiger partial charge in [-0.05, 0) is 17.8 Å². The van der Waals surface area contributed by atoms with E-state index in [4.69, 9.17) is 5.73 Å². The Kier molecular flexibility index (Phi) is 3.48. The summed E-state index contributed by atoms with van der Waals surface area (Å²) in [5.41, 5.74) is 6.11. The van der Waals surface area contributed by atoms with Gasteiger partial charge in [-0.25, -0.2) is 4.98 Å². The molecule has 1 amide bonds. The highest BCUT2D eigenvalue weighted by Gasteiger charge is 2.65. The van der Waals surface area contributed by atoms with Crippen molar-refractivity contribution in [3.05, 3.63) is 4.88 Å². The second-order valence-electron chi connectivity index (χ2n) is 6.57. The summed E-state index contributed by atoms with van der Waals surface area (Å²) in [6, 6.07) is 0.177. The van der Waals surface area contributed by atoms with Crippen LogP contribution in [0.3, 0.4) is 0 Å². The molecule has 0 spiro atoms. The van der Waals surface area contributed by atoms with Crippen molar-refractivity contribution in [2.24, 2.45) is 10.8 Å². The molecule has 0 aliphatic heterocycles. The number of thiazole rings is 1. The first-order valence-electron chi connectivity index (χ1n) is 6.91. The predicted octanol–water partition coefficient (Wildman–Crippen LogP) is 2.35. The maximum atomic E-state index is 12.4. The molecule has 0 radical (unpaired) electrons. The fourth-order valence-electron chi connectivity index (χ4n) is 2.54.